The molecule has 0 atom stereocenters. The molecule has 0 fully saturated rings. The van der Waals surface area contributed by atoms with Crippen LogP contribution in [0.5, 0.6) is 0 Å². The van der Waals surface area contributed by atoms with E-state index in [1.807, 2.05) is 37.3 Å². The van der Waals surface area contributed by atoms with Crippen LogP contribution in [0.15, 0.2) is 46.9 Å². The van der Waals surface area contributed by atoms with Crippen molar-refractivity contribution in [2.24, 2.45) is 0 Å². The van der Waals surface area contributed by atoms with Crippen LogP contribution in [0.3, 0.4) is 0 Å². The summed E-state index contributed by atoms with van der Waals surface area (Å²) in [6.07, 6.45) is 0. The second-order valence-electron chi connectivity index (χ2n) is 3.40. The molecular weight excluding hydrogens is 272 g/mol. The SMILES string of the molecule is Cc1c(Br)ccc(-c2ccccc2)c1Cl. The molecule has 0 N–H and O–H groups in total. The minimum atomic E-state index is 0.815. The first kappa shape index (κ1) is 10.7. The van der Waals surface area contributed by atoms with Crippen LogP contribution in [0.1, 0.15) is 5.56 Å². The molecule has 2 heteroatoms. The summed E-state index contributed by atoms with van der Waals surface area (Å²) in [5, 5.41) is 0.815. The summed E-state index contributed by atoms with van der Waals surface area (Å²) >= 11 is 9.77. The Labute approximate surface area is 103 Å². The van der Waals surface area contributed by atoms with Gasteiger partial charge in [-0.25, -0.2) is 0 Å². The van der Waals surface area contributed by atoms with E-state index in [1.165, 1.54) is 0 Å². The second kappa shape index (κ2) is 4.38. The van der Waals surface area contributed by atoms with Gasteiger partial charge < -0.3 is 0 Å². The maximum atomic E-state index is 6.30. The van der Waals surface area contributed by atoms with Gasteiger partial charge in [0.05, 0.1) is 5.02 Å². The smallest absolute Gasteiger partial charge is 0.0524 e. The molecule has 0 radical (unpaired) electrons. The Bertz CT molecular complexity index is 477. The average molecular weight is 282 g/mol. The Morgan fingerprint density at radius 3 is 2.33 bits per heavy atom. The maximum absolute atomic E-state index is 6.30. The van der Waals surface area contributed by atoms with Gasteiger partial charge in [0.1, 0.15) is 0 Å². The minimum absolute atomic E-state index is 0.815. The molecule has 0 heterocycles. The van der Waals surface area contributed by atoms with Crippen molar-refractivity contribution in [3.05, 3.63) is 57.5 Å². The van der Waals surface area contributed by atoms with Crippen molar-refractivity contribution in [3.63, 3.8) is 0 Å². The summed E-state index contributed by atoms with van der Waals surface area (Å²) in [7, 11) is 0. The summed E-state index contributed by atoms with van der Waals surface area (Å²) in [4.78, 5) is 0. The van der Waals surface area contributed by atoms with E-state index in [-0.39, 0.29) is 0 Å². The molecule has 2 aromatic rings. The van der Waals surface area contributed by atoms with Gasteiger partial charge in [-0.1, -0.05) is 63.9 Å². The van der Waals surface area contributed by atoms with Crippen LogP contribution in [0.4, 0.5) is 0 Å². The third-order valence-electron chi connectivity index (χ3n) is 2.41. The van der Waals surface area contributed by atoms with Crippen molar-refractivity contribution in [1.82, 2.24) is 0 Å². The summed E-state index contributed by atoms with van der Waals surface area (Å²) in [5.74, 6) is 0. The predicted octanol–water partition coefficient (Wildman–Crippen LogP) is 5.08. The Hall–Kier alpha value is -0.790. The zero-order valence-electron chi connectivity index (χ0n) is 8.30. The lowest BCUT2D eigenvalue weighted by Gasteiger charge is -2.08. The van der Waals surface area contributed by atoms with Crippen LogP contribution in [0, 0.1) is 6.92 Å². The van der Waals surface area contributed by atoms with E-state index in [0.717, 1.165) is 26.2 Å². The molecular formula is C13H10BrCl. The summed E-state index contributed by atoms with van der Waals surface area (Å²) < 4.78 is 1.05. The first-order valence-corrected chi connectivity index (χ1v) is 5.87. The van der Waals surface area contributed by atoms with Gasteiger partial charge in [0, 0.05) is 10.0 Å². The largest absolute Gasteiger partial charge is 0.0833 e. The predicted molar refractivity (Wildman–Crippen MR) is 69.3 cm³/mol. The summed E-state index contributed by atoms with van der Waals surface area (Å²) in [6.45, 7) is 2.01. The molecule has 2 rings (SSSR count). The van der Waals surface area contributed by atoms with Gasteiger partial charge >= 0.3 is 0 Å². The van der Waals surface area contributed by atoms with E-state index >= 15 is 0 Å². The fourth-order valence-corrected chi connectivity index (χ4v) is 2.22. The lowest BCUT2D eigenvalue weighted by atomic mass is 10.0. The van der Waals surface area contributed by atoms with Crippen LogP contribution in [0.25, 0.3) is 11.1 Å². The van der Waals surface area contributed by atoms with Crippen molar-refractivity contribution in [1.29, 1.82) is 0 Å². The van der Waals surface area contributed by atoms with Gasteiger partial charge in [-0.05, 0) is 24.1 Å². The van der Waals surface area contributed by atoms with Crippen LogP contribution in [-0.2, 0) is 0 Å². The summed E-state index contributed by atoms with van der Waals surface area (Å²) in [6, 6.07) is 14.2. The van der Waals surface area contributed by atoms with E-state index in [2.05, 4.69) is 28.1 Å². The molecule has 0 saturated heterocycles. The maximum Gasteiger partial charge on any atom is 0.0524 e. The number of hydrogen-bond donors (Lipinski definition) is 0. The van der Waals surface area contributed by atoms with Gasteiger partial charge in [-0.3, -0.25) is 0 Å². The zero-order valence-corrected chi connectivity index (χ0v) is 10.6. The number of rotatable bonds is 1. The molecule has 15 heavy (non-hydrogen) atoms. The first-order valence-electron chi connectivity index (χ1n) is 4.70. The van der Waals surface area contributed by atoms with Crippen molar-refractivity contribution >= 4 is 27.5 Å². The molecule has 0 bridgehead atoms. The monoisotopic (exact) mass is 280 g/mol. The highest BCUT2D eigenvalue weighted by atomic mass is 79.9. The molecule has 2 aromatic carbocycles. The molecule has 0 spiro atoms. The molecule has 0 aliphatic heterocycles. The molecule has 0 saturated carbocycles. The van der Waals surface area contributed by atoms with E-state index in [0.29, 0.717) is 0 Å². The van der Waals surface area contributed by atoms with E-state index in [9.17, 15) is 0 Å². The molecule has 0 aromatic heterocycles. The van der Waals surface area contributed by atoms with Crippen molar-refractivity contribution in [2.45, 2.75) is 6.92 Å². The Morgan fingerprint density at radius 2 is 1.67 bits per heavy atom. The van der Waals surface area contributed by atoms with Gasteiger partial charge in [-0.15, -0.1) is 0 Å². The van der Waals surface area contributed by atoms with Crippen molar-refractivity contribution in [2.75, 3.05) is 0 Å². The lowest BCUT2D eigenvalue weighted by molar-refractivity contribution is 1.43. The Kier molecular flexibility index (Phi) is 3.13. The number of benzene rings is 2. The van der Waals surface area contributed by atoms with E-state index in [1.54, 1.807) is 0 Å². The Balaban J connectivity index is 2.60. The molecule has 0 unspecified atom stereocenters. The van der Waals surface area contributed by atoms with Crippen molar-refractivity contribution < 1.29 is 0 Å². The van der Waals surface area contributed by atoms with Gasteiger partial charge in [0.25, 0.3) is 0 Å². The highest BCUT2D eigenvalue weighted by Crippen LogP contribution is 2.33. The fraction of sp³-hybridized carbons (Fsp3) is 0.0769. The van der Waals surface area contributed by atoms with Gasteiger partial charge in [-0.2, -0.15) is 0 Å². The van der Waals surface area contributed by atoms with Gasteiger partial charge in [0.2, 0.25) is 0 Å². The number of hydrogen-bond acceptors (Lipinski definition) is 0. The molecule has 0 nitrogen and oxygen atoms in total. The molecule has 0 aliphatic rings. The van der Waals surface area contributed by atoms with Crippen LogP contribution in [0.2, 0.25) is 5.02 Å². The topological polar surface area (TPSA) is 0 Å². The van der Waals surface area contributed by atoms with E-state index in [4.69, 9.17) is 11.6 Å². The minimum Gasteiger partial charge on any atom is -0.0833 e. The normalized spacial score (nSPS) is 10.3. The van der Waals surface area contributed by atoms with Crippen LogP contribution in [-0.4, -0.2) is 0 Å². The van der Waals surface area contributed by atoms with Crippen LogP contribution >= 0.6 is 27.5 Å². The van der Waals surface area contributed by atoms with Crippen LogP contribution < -0.4 is 0 Å². The third kappa shape index (κ3) is 2.09. The summed E-state index contributed by atoms with van der Waals surface area (Å²) in [5.41, 5.74) is 3.31. The fourth-order valence-electron chi connectivity index (χ4n) is 1.50. The quantitative estimate of drug-likeness (QED) is 0.684. The average Bonchev–Trinajstić information content (AvgIpc) is 2.27. The molecule has 0 amide bonds. The highest BCUT2D eigenvalue weighted by molar-refractivity contribution is 9.10. The highest BCUT2D eigenvalue weighted by Gasteiger charge is 2.07. The molecule has 76 valence electrons. The number of halogens is 2. The van der Waals surface area contributed by atoms with Crippen molar-refractivity contribution in [3.8, 4) is 11.1 Å². The van der Waals surface area contributed by atoms with Gasteiger partial charge in [0.15, 0.2) is 0 Å². The Morgan fingerprint density at radius 1 is 1.00 bits per heavy atom. The first-order chi connectivity index (χ1) is 7.20. The lowest BCUT2D eigenvalue weighted by Crippen LogP contribution is -1.84. The zero-order chi connectivity index (χ0) is 10.8. The molecule has 0 aliphatic carbocycles. The third-order valence-corrected chi connectivity index (χ3v) is 3.75. The second-order valence-corrected chi connectivity index (χ2v) is 4.63. The standard InChI is InChI=1S/C13H10BrCl/c1-9-12(14)8-7-11(13(9)15)10-5-3-2-4-6-10/h2-8H,1H3. The van der Waals surface area contributed by atoms with E-state index < -0.39 is 0 Å².